The molecule has 1 heterocycles. The van der Waals surface area contributed by atoms with Crippen molar-refractivity contribution in [1.82, 2.24) is 0 Å². The minimum absolute atomic E-state index is 0.0540. The maximum absolute atomic E-state index is 9.29. The summed E-state index contributed by atoms with van der Waals surface area (Å²) in [5.41, 5.74) is 2.08. The van der Waals surface area contributed by atoms with E-state index in [1.165, 1.54) is 0 Å². The first-order valence-corrected chi connectivity index (χ1v) is 6.28. The van der Waals surface area contributed by atoms with Crippen LogP contribution < -0.4 is 9.47 Å². The normalized spacial score (nSPS) is 15.8. The number of benzene rings is 1. The van der Waals surface area contributed by atoms with Gasteiger partial charge in [0.25, 0.3) is 0 Å². The van der Waals surface area contributed by atoms with Crippen LogP contribution in [0.15, 0.2) is 6.07 Å². The Hall–Kier alpha value is -0.930. The number of aliphatic hydroxyl groups is 1. The standard InChI is InChI=1S/C13H17ClO3/c1-3-9-10(8(2)7-15)6-11-13(12(9)14)17-5-4-16-11/h6,8,15H,3-5,7H2,1-2H3. The van der Waals surface area contributed by atoms with E-state index in [9.17, 15) is 5.11 Å². The molecule has 1 unspecified atom stereocenters. The summed E-state index contributed by atoms with van der Waals surface area (Å²) in [4.78, 5) is 0. The highest BCUT2D eigenvalue weighted by Gasteiger charge is 2.22. The van der Waals surface area contributed by atoms with Crippen molar-refractivity contribution in [2.75, 3.05) is 19.8 Å². The quantitative estimate of drug-likeness (QED) is 0.904. The highest BCUT2D eigenvalue weighted by molar-refractivity contribution is 6.33. The van der Waals surface area contributed by atoms with Crippen LogP contribution >= 0.6 is 11.6 Å². The molecule has 1 aromatic carbocycles. The fraction of sp³-hybridized carbons (Fsp3) is 0.538. The van der Waals surface area contributed by atoms with E-state index in [-0.39, 0.29) is 12.5 Å². The molecule has 0 radical (unpaired) electrons. The third kappa shape index (κ3) is 2.22. The molecule has 4 heteroatoms. The SMILES string of the molecule is CCc1c(C(C)CO)cc2c(c1Cl)OCCO2. The smallest absolute Gasteiger partial charge is 0.180 e. The average molecular weight is 257 g/mol. The van der Waals surface area contributed by atoms with E-state index < -0.39 is 0 Å². The molecule has 3 nitrogen and oxygen atoms in total. The van der Waals surface area contributed by atoms with Crippen molar-refractivity contribution in [3.05, 3.63) is 22.2 Å². The summed E-state index contributed by atoms with van der Waals surface area (Å²) in [7, 11) is 0. The molecule has 1 aromatic rings. The van der Waals surface area contributed by atoms with E-state index in [2.05, 4.69) is 0 Å². The summed E-state index contributed by atoms with van der Waals surface area (Å²) in [6.07, 6.45) is 0.815. The van der Waals surface area contributed by atoms with Crippen LogP contribution in [0.3, 0.4) is 0 Å². The van der Waals surface area contributed by atoms with Crippen LogP contribution in [0.2, 0.25) is 5.02 Å². The molecular formula is C13H17ClO3. The molecule has 1 aliphatic heterocycles. The van der Waals surface area contributed by atoms with Gasteiger partial charge in [-0.05, 0) is 23.6 Å². The molecule has 94 valence electrons. The van der Waals surface area contributed by atoms with Gasteiger partial charge in [-0.1, -0.05) is 25.4 Å². The molecule has 0 aromatic heterocycles. The van der Waals surface area contributed by atoms with Gasteiger partial charge in [0.05, 0.1) is 5.02 Å². The Bertz CT molecular complexity index is 418. The Morgan fingerprint density at radius 1 is 1.41 bits per heavy atom. The molecule has 17 heavy (non-hydrogen) atoms. The van der Waals surface area contributed by atoms with Gasteiger partial charge in [0.15, 0.2) is 11.5 Å². The van der Waals surface area contributed by atoms with Gasteiger partial charge < -0.3 is 14.6 Å². The zero-order chi connectivity index (χ0) is 12.4. The largest absolute Gasteiger partial charge is 0.486 e. The zero-order valence-corrected chi connectivity index (χ0v) is 10.9. The predicted molar refractivity (Wildman–Crippen MR) is 67.3 cm³/mol. The minimum atomic E-state index is 0.0540. The average Bonchev–Trinajstić information content (AvgIpc) is 2.37. The Labute approximate surface area is 106 Å². The summed E-state index contributed by atoms with van der Waals surface area (Å²) in [6, 6.07) is 1.94. The Morgan fingerprint density at radius 3 is 2.76 bits per heavy atom. The third-order valence-electron chi connectivity index (χ3n) is 3.07. The molecule has 0 amide bonds. The van der Waals surface area contributed by atoms with E-state index in [0.717, 1.165) is 17.5 Å². The maximum Gasteiger partial charge on any atom is 0.180 e. The molecule has 0 spiro atoms. The first-order valence-electron chi connectivity index (χ1n) is 5.90. The van der Waals surface area contributed by atoms with E-state index in [0.29, 0.717) is 29.7 Å². The Kier molecular flexibility index (Phi) is 3.79. The molecule has 1 N–H and O–H groups in total. The minimum Gasteiger partial charge on any atom is -0.486 e. The van der Waals surface area contributed by atoms with Gasteiger partial charge >= 0.3 is 0 Å². The molecule has 0 saturated heterocycles. The molecule has 2 rings (SSSR count). The second-order valence-electron chi connectivity index (χ2n) is 4.22. The molecule has 0 aliphatic carbocycles. The molecule has 0 saturated carbocycles. The molecule has 1 aliphatic rings. The monoisotopic (exact) mass is 256 g/mol. The Morgan fingerprint density at radius 2 is 2.12 bits per heavy atom. The number of fused-ring (bicyclic) bond motifs is 1. The summed E-state index contributed by atoms with van der Waals surface area (Å²) in [5, 5.41) is 9.91. The number of aliphatic hydroxyl groups excluding tert-OH is 1. The first-order chi connectivity index (χ1) is 8.19. The van der Waals surface area contributed by atoms with Crippen molar-refractivity contribution >= 4 is 11.6 Å². The topological polar surface area (TPSA) is 38.7 Å². The second-order valence-corrected chi connectivity index (χ2v) is 4.60. The summed E-state index contributed by atoms with van der Waals surface area (Å²) < 4.78 is 11.1. The van der Waals surface area contributed by atoms with Crippen LogP contribution in [0.1, 0.15) is 30.9 Å². The molecular weight excluding hydrogens is 240 g/mol. The molecule has 1 atom stereocenters. The third-order valence-corrected chi connectivity index (χ3v) is 3.47. The summed E-state index contributed by atoms with van der Waals surface area (Å²) in [6.45, 7) is 5.20. The van der Waals surface area contributed by atoms with Crippen molar-refractivity contribution in [2.24, 2.45) is 0 Å². The van der Waals surface area contributed by atoms with Crippen LogP contribution in [0, 0.1) is 0 Å². The van der Waals surface area contributed by atoms with Crippen molar-refractivity contribution in [3.8, 4) is 11.5 Å². The number of hydrogen-bond donors (Lipinski definition) is 1. The van der Waals surface area contributed by atoms with Gasteiger partial charge in [0.1, 0.15) is 13.2 Å². The van der Waals surface area contributed by atoms with Gasteiger partial charge in [-0.2, -0.15) is 0 Å². The fourth-order valence-electron chi connectivity index (χ4n) is 2.10. The Balaban J connectivity index is 2.55. The maximum atomic E-state index is 9.29. The van der Waals surface area contributed by atoms with Crippen molar-refractivity contribution in [2.45, 2.75) is 26.2 Å². The number of rotatable bonds is 3. The predicted octanol–water partition coefficient (Wildman–Crippen LogP) is 2.77. The molecule has 0 fully saturated rings. The second kappa shape index (κ2) is 5.15. The van der Waals surface area contributed by atoms with Crippen LogP contribution in [0.5, 0.6) is 11.5 Å². The van der Waals surface area contributed by atoms with Crippen LogP contribution in [0.25, 0.3) is 0 Å². The van der Waals surface area contributed by atoms with E-state index >= 15 is 0 Å². The van der Waals surface area contributed by atoms with E-state index in [1.807, 2.05) is 19.9 Å². The molecule has 0 bridgehead atoms. The lowest BCUT2D eigenvalue weighted by Gasteiger charge is -2.24. The number of halogens is 1. The van der Waals surface area contributed by atoms with Crippen LogP contribution in [0.4, 0.5) is 0 Å². The van der Waals surface area contributed by atoms with Gasteiger partial charge in [-0.15, -0.1) is 0 Å². The summed E-state index contributed by atoms with van der Waals surface area (Å²) in [5.74, 6) is 1.38. The zero-order valence-electron chi connectivity index (χ0n) is 10.1. The van der Waals surface area contributed by atoms with Gasteiger partial charge in [-0.3, -0.25) is 0 Å². The van der Waals surface area contributed by atoms with Crippen LogP contribution in [-0.4, -0.2) is 24.9 Å². The number of ether oxygens (including phenoxy) is 2. The van der Waals surface area contributed by atoms with Crippen molar-refractivity contribution < 1.29 is 14.6 Å². The fourth-order valence-corrected chi connectivity index (χ4v) is 2.49. The van der Waals surface area contributed by atoms with E-state index in [1.54, 1.807) is 0 Å². The highest BCUT2D eigenvalue weighted by atomic mass is 35.5. The lowest BCUT2D eigenvalue weighted by molar-refractivity contribution is 0.171. The summed E-state index contributed by atoms with van der Waals surface area (Å²) >= 11 is 6.35. The highest BCUT2D eigenvalue weighted by Crippen LogP contribution is 2.43. The van der Waals surface area contributed by atoms with Gasteiger partial charge in [0, 0.05) is 12.5 Å². The van der Waals surface area contributed by atoms with Gasteiger partial charge in [-0.25, -0.2) is 0 Å². The number of hydrogen-bond acceptors (Lipinski definition) is 3. The lowest BCUT2D eigenvalue weighted by atomic mass is 9.94. The van der Waals surface area contributed by atoms with E-state index in [4.69, 9.17) is 21.1 Å². The lowest BCUT2D eigenvalue weighted by Crippen LogP contribution is -2.17. The van der Waals surface area contributed by atoms with Crippen molar-refractivity contribution in [1.29, 1.82) is 0 Å². The van der Waals surface area contributed by atoms with Crippen molar-refractivity contribution in [3.63, 3.8) is 0 Å². The first kappa shape index (κ1) is 12.5. The van der Waals surface area contributed by atoms with Gasteiger partial charge in [0.2, 0.25) is 0 Å². The van der Waals surface area contributed by atoms with Crippen LogP contribution in [-0.2, 0) is 6.42 Å².